The molecule has 0 aliphatic rings. The topological polar surface area (TPSA) is 4.93 Å². The van der Waals surface area contributed by atoms with Gasteiger partial charge in [-0.05, 0) is 70.3 Å². The highest BCUT2D eigenvalue weighted by molar-refractivity contribution is 7.25. The van der Waals surface area contributed by atoms with Gasteiger partial charge in [0, 0.05) is 36.5 Å². The first kappa shape index (κ1) is 25.1. The quantitative estimate of drug-likeness (QED) is 0.196. The number of aromatic nitrogens is 1. The van der Waals surface area contributed by atoms with Crippen molar-refractivity contribution in [3.63, 3.8) is 0 Å². The molecular weight excluding hydrogens is 551 g/mol. The van der Waals surface area contributed by atoms with Crippen molar-refractivity contribution >= 4 is 53.3 Å². The largest absolute Gasteiger partial charge is 0.309 e. The fourth-order valence-electron chi connectivity index (χ4n) is 6.80. The van der Waals surface area contributed by atoms with Crippen molar-refractivity contribution in [2.75, 3.05) is 0 Å². The summed E-state index contributed by atoms with van der Waals surface area (Å²) in [4.78, 5) is 0. The van der Waals surface area contributed by atoms with Gasteiger partial charge in [-0.2, -0.15) is 0 Å². The highest BCUT2D eigenvalue weighted by atomic mass is 32.1. The lowest BCUT2D eigenvalue weighted by atomic mass is 9.92. The average Bonchev–Trinajstić information content (AvgIpc) is 3.63. The zero-order chi connectivity index (χ0) is 29.0. The van der Waals surface area contributed by atoms with Crippen LogP contribution in [0.15, 0.2) is 164 Å². The van der Waals surface area contributed by atoms with Crippen LogP contribution < -0.4 is 0 Å². The number of hydrogen-bond donors (Lipinski definition) is 0. The monoisotopic (exact) mass is 577 g/mol. The van der Waals surface area contributed by atoms with Crippen LogP contribution in [-0.2, 0) is 0 Å². The Hall–Kier alpha value is -5.44. The zero-order valence-corrected chi connectivity index (χ0v) is 24.8. The second kappa shape index (κ2) is 10.1. The summed E-state index contributed by atoms with van der Waals surface area (Å²) in [7, 11) is 0. The van der Waals surface area contributed by atoms with Crippen LogP contribution in [0.3, 0.4) is 0 Å². The Morgan fingerprint density at radius 3 is 1.84 bits per heavy atom. The van der Waals surface area contributed by atoms with Gasteiger partial charge < -0.3 is 4.57 Å². The molecule has 0 N–H and O–H groups in total. The molecule has 7 aromatic carbocycles. The molecule has 0 saturated heterocycles. The maximum Gasteiger partial charge on any atom is 0.0541 e. The summed E-state index contributed by atoms with van der Waals surface area (Å²) in [6.07, 6.45) is 0. The molecule has 0 atom stereocenters. The standard InChI is InChI=1S/C42H27NS/c1-2-12-28(13-3-1)29-22-24-40-36(26-29)34-17-7-10-20-39(34)43(40)38-19-9-6-16-33(38)32-15-5-4-14-31(32)30-23-25-42-37(27-30)35-18-8-11-21-41(35)44-42/h1-27H. The van der Waals surface area contributed by atoms with E-state index in [0.29, 0.717) is 0 Å². The molecule has 1 nitrogen and oxygen atoms in total. The smallest absolute Gasteiger partial charge is 0.0541 e. The van der Waals surface area contributed by atoms with E-state index in [4.69, 9.17) is 0 Å². The maximum atomic E-state index is 2.45. The molecule has 44 heavy (non-hydrogen) atoms. The Balaban J connectivity index is 1.27. The Bertz CT molecular complexity index is 2500. The Morgan fingerprint density at radius 2 is 0.955 bits per heavy atom. The maximum absolute atomic E-state index is 2.45. The first-order valence-electron chi connectivity index (χ1n) is 15.0. The molecule has 206 valence electrons. The van der Waals surface area contributed by atoms with Gasteiger partial charge in [-0.3, -0.25) is 0 Å². The van der Waals surface area contributed by atoms with Crippen LogP contribution in [-0.4, -0.2) is 4.57 Å². The zero-order valence-electron chi connectivity index (χ0n) is 23.9. The predicted octanol–water partition coefficient (Wildman–Crippen LogP) is 12.2. The van der Waals surface area contributed by atoms with Crippen LogP contribution in [0.25, 0.3) is 81.0 Å². The van der Waals surface area contributed by atoms with Crippen molar-refractivity contribution in [1.29, 1.82) is 0 Å². The van der Waals surface area contributed by atoms with E-state index < -0.39 is 0 Å². The van der Waals surface area contributed by atoms with Gasteiger partial charge in [-0.25, -0.2) is 0 Å². The molecule has 2 aromatic heterocycles. The highest BCUT2D eigenvalue weighted by Crippen LogP contribution is 2.42. The van der Waals surface area contributed by atoms with E-state index in [0.717, 1.165) is 0 Å². The second-order valence-corrected chi connectivity index (χ2v) is 12.4. The molecule has 0 spiro atoms. The van der Waals surface area contributed by atoms with Crippen molar-refractivity contribution < 1.29 is 0 Å². The Kier molecular flexibility index (Phi) is 5.75. The number of rotatable bonds is 4. The minimum atomic E-state index is 1.18. The van der Waals surface area contributed by atoms with Crippen molar-refractivity contribution in [2.45, 2.75) is 0 Å². The Morgan fingerprint density at radius 1 is 0.341 bits per heavy atom. The lowest BCUT2D eigenvalue weighted by Gasteiger charge is -2.17. The molecule has 0 bridgehead atoms. The fourth-order valence-corrected chi connectivity index (χ4v) is 7.89. The van der Waals surface area contributed by atoms with E-state index in [-0.39, 0.29) is 0 Å². The van der Waals surface area contributed by atoms with Crippen molar-refractivity contribution in [1.82, 2.24) is 4.57 Å². The van der Waals surface area contributed by atoms with Crippen LogP contribution >= 0.6 is 11.3 Å². The molecule has 0 unspecified atom stereocenters. The number of hydrogen-bond acceptors (Lipinski definition) is 1. The van der Waals surface area contributed by atoms with Gasteiger partial charge in [-0.1, -0.05) is 121 Å². The van der Waals surface area contributed by atoms with Gasteiger partial charge in [0.25, 0.3) is 0 Å². The van der Waals surface area contributed by atoms with Crippen LogP contribution in [0.1, 0.15) is 0 Å². The summed E-state index contributed by atoms with van der Waals surface area (Å²) in [5, 5.41) is 5.17. The van der Waals surface area contributed by atoms with Gasteiger partial charge >= 0.3 is 0 Å². The van der Waals surface area contributed by atoms with Crippen molar-refractivity contribution in [3.8, 4) is 39.1 Å². The first-order chi connectivity index (χ1) is 21.8. The number of nitrogens with zero attached hydrogens (tertiary/aromatic N) is 1. The van der Waals surface area contributed by atoms with Gasteiger partial charge in [0.05, 0.1) is 16.7 Å². The number of para-hydroxylation sites is 2. The molecule has 9 aromatic rings. The SMILES string of the molecule is c1ccc(-c2ccc3c(c2)c2ccccc2n3-c2ccccc2-c2ccccc2-c2ccc3sc4ccccc4c3c2)cc1. The third-order valence-corrected chi connectivity index (χ3v) is 9.98. The van der Waals surface area contributed by atoms with Crippen LogP contribution in [0.4, 0.5) is 0 Å². The fraction of sp³-hybridized carbons (Fsp3) is 0. The number of thiophene rings is 1. The average molecular weight is 578 g/mol. The molecule has 2 heteroatoms. The van der Waals surface area contributed by atoms with Crippen LogP contribution in [0.2, 0.25) is 0 Å². The van der Waals surface area contributed by atoms with Gasteiger partial charge in [-0.15, -0.1) is 11.3 Å². The van der Waals surface area contributed by atoms with E-state index >= 15 is 0 Å². The third kappa shape index (κ3) is 3.92. The molecule has 0 aliphatic heterocycles. The van der Waals surface area contributed by atoms with E-state index in [2.05, 4.69) is 168 Å². The van der Waals surface area contributed by atoms with E-state index in [9.17, 15) is 0 Å². The number of fused-ring (bicyclic) bond motifs is 6. The summed E-state index contributed by atoms with van der Waals surface area (Å²) >= 11 is 1.87. The highest BCUT2D eigenvalue weighted by Gasteiger charge is 2.18. The normalized spacial score (nSPS) is 11.6. The summed E-state index contributed by atoms with van der Waals surface area (Å²) in [6.45, 7) is 0. The van der Waals surface area contributed by atoms with Crippen LogP contribution in [0.5, 0.6) is 0 Å². The minimum Gasteiger partial charge on any atom is -0.309 e. The molecule has 0 amide bonds. The number of benzene rings is 7. The molecule has 2 heterocycles. The van der Waals surface area contributed by atoms with Gasteiger partial charge in [0.15, 0.2) is 0 Å². The second-order valence-electron chi connectivity index (χ2n) is 11.3. The minimum absolute atomic E-state index is 1.18. The predicted molar refractivity (Wildman–Crippen MR) is 190 cm³/mol. The molecule has 0 fully saturated rings. The lowest BCUT2D eigenvalue weighted by molar-refractivity contribution is 1.18. The van der Waals surface area contributed by atoms with Gasteiger partial charge in [0.1, 0.15) is 0 Å². The van der Waals surface area contributed by atoms with E-state index in [1.54, 1.807) is 0 Å². The Labute approximate surface area is 259 Å². The van der Waals surface area contributed by atoms with Gasteiger partial charge in [0.2, 0.25) is 0 Å². The van der Waals surface area contributed by atoms with Crippen molar-refractivity contribution in [3.05, 3.63) is 164 Å². The molecular formula is C42H27NS. The summed E-state index contributed by atoms with van der Waals surface area (Å²) < 4.78 is 5.11. The summed E-state index contributed by atoms with van der Waals surface area (Å²) in [5.41, 5.74) is 11.0. The van der Waals surface area contributed by atoms with Crippen molar-refractivity contribution in [2.24, 2.45) is 0 Å². The van der Waals surface area contributed by atoms with E-state index in [1.165, 1.54) is 81.0 Å². The lowest BCUT2D eigenvalue weighted by Crippen LogP contribution is -1.98. The molecule has 0 aliphatic carbocycles. The molecule has 9 rings (SSSR count). The molecule has 0 radical (unpaired) electrons. The summed E-state index contributed by atoms with van der Waals surface area (Å²) in [5.74, 6) is 0. The van der Waals surface area contributed by atoms with Crippen LogP contribution in [0, 0.1) is 0 Å². The van der Waals surface area contributed by atoms with E-state index in [1.807, 2.05) is 11.3 Å². The summed E-state index contributed by atoms with van der Waals surface area (Å²) in [6, 6.07) is 59.7. The first-order valence-corrected chi connectivity index (χ1v) is 15.8. The third-order valence-electron chi connectivity index (χ3n) is 8.83. The molecule has 0 saturated carbocycles.